The Labute approximate surface area is 118 Å². The Morgan fingerprint density at radius 3 is 2.85 bits per heavy atom. The van der Waals surface area contributed by atoms with E-state index in [-0.39, 0.29) is 25.0 Å². The molecule has 20 heavy (non-hydrogen) atoms. The fourth-order valence-corrected chi connectivity index (χ4v) is 1.60. The van der Waals surface area contributed by atoms with Crippen LogP contribution in [0, 0.1) is 5.82 Å². The first-order valence-corrected chi connectivity index (χ1v) is 6.55. The molecule has 0 aromatic heterocycles. The van der Waals surface area contributed by atoms with E-state index in [2.05, 4.69) is 5.32 Å². The minimum atomic E-state index is -0.411. The van der Waals surface area contributed by atoms with Crippen LogP contribution in [-0.2, 0) is 9.53 Å². The molecule has 0 fully saturated rings. The molecule has 1 aromatic carbocycles. The summed E-state index contributed by atoms with van der Waals surface area (Å²) in [7, 11) is 1.50. The molecular weight excluding hydrogens is 263 g/mol. The third kappa shape index (κ3) is 5.14. The van der Waals surface area contributed by atoms with E-state index in [0.717, 1.165) is 6.42 Å². The predicted molar refractivity (Wildman–Crippen MR) is 75.3 cm³/mol. The van der Waals surface area contributed by atoms with Crippen LogP contribution >= 0.6 is 0 Å². The van der Waals surface area contributed by atoms with Gasteiger partial charge in [0.15, 0.2) is 0 Å². The topological polar surface area (TPSA) is 73.6 Å². The van der Waals surface area contributed by atoms with Gasteiger partial charge in [-0.05, 0) is 18.6 Å². The average Bonchev–Trinajstić information content (AvgIpc) is 2.44. The van der Waals surface area contributed by atoms with E-state index in [9.17, 15) is 9.18 Å². The highest BCUT2D eigenvalue weighted by Crippen LogP contribution is 2.25. The van der Waals surface area contributed by atoms with E-state index in [0.29, 0.717) is 18.0 Å². The number of nitrogens with two attached hydrogens (primary N) is 1. The molecule has 0 bridgehead atoms. The summed E-state index contributed by atoms with van der Waals surface area (Å²) in [6.07, 6.45) is 0.593. The largest absolute Gasteiger partial charge is 0.491 e. The fourth-order valence-electron chi connectivity index (χ4n) is 1.60. The van der Waals surface area contributed by atoms with Crippen molar-refractivity contribution in [3.8, 4) is 5.75 Å². The second-order valence-corrected chi connectivity index (χ2v) is 4.33. The van der Waals surface area contributed by atoms with Gasteiger partial charge in [-0.2, -0.15) is 0 Å². The number of carbonyl (C=O) groups is 1. The van der Waals surface area contributed by atoms with Crippen LogP contribution in [0.25, 0.3) is 0 Å². The van der Waals surface area contributed by atoms with Gasteiger partial charge < -0.3 is 20.5 Å². The summed E-state index contributed by atoms with van der Waals surface area (Å²) in [5.41, 5.74) is 5.90. The maximum atomic E-state index is 13.2. The van der Waals surface area contributed by atoms with Crippen LogP contribution in [0.4, 0.5) is 10.1 Å². The average molecular weight is 284 g/mol. The maximum absolute atomic E-state index is 13.2. The summed E-state index contributed by atoms with van der Waals surface area (Å²) in [5, 5.41) is 2.68. The summed E-state index contributed by atoms with van der Waals surface area (Å²) in [5.74, 6) is -0.344. The Hall–Kier alpha value is -1.66. The first-order chi connectivity index (χ1) is 9.60. The molecule has 1 aromatic rings. The lowest BCUT2D eigenvalue weighted by Crippen LogP contribution is -2.28. The molecule has 1 atom stereocenters. The van der Waals surface area contributed by atoms with Crippen molar-refractivity contribution in [3.05, 3.63) is 24.0 Å². The van der Waals surface area contributed by atoms with E-state index >= 15 is 0 Å². The molecule has 0 spiro atoms. The van der Waals surface area contributed by atoms with E-state index in [1.807, 2.05) is 6.92 Å². The smallest absolute Gasteiger partial charge is 0.227 e. The van der Waals surface area contributed by atoms with Gasteiger partial charge in [0.1, 0.15) is 11.6 Å². The summed E-state index contributed by atoms with van der Waals surface area (Å²) >= 11 is 0. The third-order valence-electron chi connectivity index (χ3n) is 2.69. The van der Waals surface area contributed by atoms with Gasteiger partial charge in [-0.3, -0.25) is 4.79 Å². The molecule has 5 nitrogen and oxygen atoms in total. The van der Waals surface area contributed by atoms with Crippen molar-refractivity contribution < 1.29 is 18.7 Å². The molecule has 0 aliphatic heterocycles. The Morgan fingerprint density at radius 2 is 2.25 bits per heavy atom. The number of amides is 1. The lowest BCUT2D eigenvalue weighted by atomic mass is 10.2. The van der Waals surface area contributed by atoms with Gasteiger partial charge in [0.25, 0.3) is 0 Å². The number of ether oxygens (including phenoxy) is 2. The first-order valence-electron chi connectivity index (χ1n) is 6.55. The fraction of sp³-hybridized carbons (Fsp3) is 0.500. The molecule has 1 rings (SSSR count). The summed E-state index contributed by atoms with van der Waals surface area (Å²) < 4.78 is 23.7. The van der Waals surface area contributed by atoms with Crippen LogP contribution in [0.1, 0.15) is 19.8 Å². The van der Waals surface area contributed by atoms with Gasteiger partial charge >= 0.3 is 0 Å². The second kappa shape index (κ2) is 8.50. The highest BCUT2D eigenvalue weighted by molar-refractivity contribution is 5.92. The quantitative estimate of drug-likeness (QED) is 0.765. The molecule has 1 unspecified atom stereocenters. The molecule has 6 heteroatoms. The van der Waals surface area contributed by atoms with E-state index < -0.39 is 5.82 Å². The standard InChI is InChI=1S/C14H21FN2O3/c1-3-6-20-13-7-10(15)4-5-12(13)17-14(18)8-11(9-16)19-2/h4-5,7,11H,3,6,8-9,16H2,1-2H3,(H,17,18). The number of methoxy groups -OCH3 is 1. The van der Waals surface area contributed by atoms with Gasteiger partial charge in [-0.1, -0.05) is 6.92 Å². The van der Waals surface area contributed by atoms with E-state index in [1.165, 1.54) is 25.3 Å². The second-order valence-electron chi connectivity index (χ2n) is 4.33. The SMILES string of the molecule is CCCOc1cc(F)ccc1NC(=O)CC(CN)OC. The number of hydrogen-bond donors (Lipinski definition) is 2. The maximum Gasteiger partial charge on any atom is 0.227 e. The summed E-state index contributed by atoms with van der Waals surface area (Å²) in [4.78, 5) is 11.9. The van der Waals surface area contributed by atoms with Crippen LogP contribution in [0.3, 0.4) is 0 Å². The minimum Gasteiger partial charge on any atom is -0.491 e. The van der Waals surface area contributed by atoms with Crippen molar-refractivity contribution in [1.82, 2.24) is 0 Å². The zero-order chi connectivity index (χ0) is 15.0. The number of halogens is 1. The number of benzene rings is 1. The molecule has 0 aliphatic carbocycles. The van der Waals surface area contributed by atoms with Crippen molar-refractivity contribution in [2.45, 2.75) is 25.9 Å². The Kier molecular flexibility index (Phi) is 6.97. The van der Waals surface area contributed by atoms with Gasteiger partial charge in [0, 0.05) is 19.7 Å². The zero-order valence-corrected chi connectivity index (χ0v) is 11.8. The molecule has 3 N–H and O–H groups in total. The van der Waals surface area contributed by atoms with Crippen molar-refractivity contribution in [2.75, 3.05) is 25.6 Å². The van der Waals surface area contributed by atoms with Gasteiger partial charge in [-0.25, -0.2) is 4.39 Å². The molecule has 0 heterocycles. The highest BCUT2D eigenvalue weighted by Gasteiger charge is 2.14. The van der Waals surface area contributed by atoms with Crippen molar-refractivity contribution in [3.63, 3.8) is 0 Å². The Balaban J connectivity index is 2.72. The summed E-state index contributed by atoms with van der Waals surface area (Å²) in [6, 6.07) is 4.00. The van der Waals surface area contributed by atoms with Crippen LogP contribution in [-0.4, -0.2) is 32.3 Å². The highest BCUT2D eigenvalue weighted by atomic mass is 19.1. The normalized spacial score (nSPS) is 12.0. The Bertz CT molecular complexity index is 436. The lowest BCUT2D eigenvalue weighted by molar-refractivity contribution is -0.118. The number of nitrogens with one attached hydrogen (secondary N) is 1. The van der Waals surface area contributed by atoms with Gasteiger partial charge in [-0.15, -0.1) is 0 Å². The molecule has 0 saturated heterocycles. The summed E-state index contributed by atoms with van der Waals surface area (Å²) in [6.45, 7) is 2.66. The molecule has 0 radical (unpaired) electrons. The van der Waals surface area contributed by atoms with Gasteiger partial charge in [0.05, 0.1) is 24.8 Å². The minimum absolute atomic E-state index is 0.137. The lowest BCUT2D eigenvalue weighted by Gasteiger charge is -2.15. The van der Waals surface area contributed by atoms with Crippen LogP contribution < -0.4 is 15.8 Å². The van der Waals surface area contributed by atoms with Crippen molar-refractivity contribution in [2.24, 2.45) is 5.73 Å². The number of hydrogen-bond acceptors (Lipinski definition) is 4. The number of anilines is 1. The van der Waals surface area contributed by atoms with Crippen LogP contribution in [0.15, 0.2) is 18.2 Å². The third-order valence-corrected chi connectivity index (χ3v) is 2.69. The van der Waals surface area contributed by atoms with Crippen molar-refractivity contribution in [1.29, 1.82) is 0 Å². The van der Waals surface area contributed by atoms with Crippen LogP contribution in [0.2, 0.25) is 0 Å². The molecule has 1 amide bonds. The Morgan fingerprint density at radius 1 is 1.50 bits per heavy atom. The molecule has 0 saturated carbocycles. The molecule has 0 aliphatic rings. The number of carbonyl (C=O) groups excluding carboxylic acids is 1. The molecular formula is C14H21FN2O3. The van der Waals surface area contributed by atoms with Crippen molar-refractivity contribution >= 4 is 11.6 Å². The van der Waals surface area contributed by atoms with E-state index in [4.69, 9.17) is 15.2 Å². The molecule has 112 valence electrons. The van der Waals surface area contributed by atoms with E-state index in [1.54, 1.807) is 0 Å². The van der Waals surface area contributed by atoms with Crippen LogP contribution in [0.5, 0.6) is 5.75 Å². The van der Waals surface area contributed by atoms with Gasteiger partial charge in [0.2, 0.25) is 5.91 Å². The number of rotatable bonds is 8. The monoisotopic (exact) mass is 284 g/mol. The first kappa shape index (κ1) is 16.4. The zero-order valence-electron chi connectivity index (χ0n) is 11.8. The predicted octanol–water partition coefficient (Wildman–Crippen LogP) is 1.92.